The van der Waals surface area contributed by atoms with Gasteiger partial charge >= 0.3 is 12.1 Å². The molecular weight excluding hydrogens is 730 g/mol. The molecule has 18 nitrogen and oxygen atoms in total. The third-order valence-corrected chi connectivity index (χ3v) is 9.20. The lowest BCUT2D eigenvalue weighted by Crippen LogP contribution is -2.36. The van der Waals surface area contributed by atoms with Gasteiger partial charge in [-0.25, -0.2) is 14.6 Å². The number of carbonyl (C=O) groups is 2. The number of fused-ring (bicyclic) bond motifs is 1. The van der Waals surface area contributed by atoms with E-state index in [9.17, 15) is 19.7 Å². The van der Waals surface area contributed by atoms with Crippen LogP contribution in [0.4, 0.5) is 4.79 Å². The lowest BCUT2D eigenvalue weighted by molar-refractivity contribution is -0.767. The van der Waals surface area contributed by atoms with Crippen molar-refractivity contribution in [3.63, 3.8) is 0 Å². The summed E-state index contributed by atoms with van der Waals surface area (Å²) in [7, 11) is 0. The first kappa shape index (κ1) is 38.6. The molecule has 0 aliphatic carbocycles. The Bertz CT molecular complexity index is 1890. The molecule has 0 bridgehead atoms. The van der Waals surface area contributed by atoms with Crippen molar-refractivity contribution < 1.29 is 47.9 Å². The summed E-state index contributed by atoms with van der Waals surface area (Å²) in [4.78, 5) is 45.8. The molecule has 4 aromatic rings. The fraction of sp³-hybridized carbons (Fsp3) is 0.486. The maximum absolute atomic E-state index is 13.5. The van der Waals surface area contributed by atoms with Crippen LogP contribution < -0.4 is 0 Å². The molecule has 19 heteroatoms. The number of hydrogen-bond donors (Lipinski definition) is 1. The summed E-state index contributed by atoms with van der Waals surface area (Å²) in [6.07, 6.45) is -2.88. The molecule has 3 unspecified atom stereocenters. The second kappa shape index (κ2) is 17.8. The number of H-pyrrole nitrogens is 1. The minimum Gasteiger partial charge on any atom is -0.426 e. The maximum atomic E-state index is 13.5. The van der Waals surface area contributed by atoms with Gasteiger partial charge in [-0.05, 0) is 41.7 Å². The number of nitrogens with one attached hydrogen (secondary N) is 1. The van der Waals surface area contributed by atoms with E-state index in [2.05, 4.69) is 37.4 Å². The zero-order chi connectivity index (χ0) is 38.2. The second-order valence-corrected chi connectivity index (χ2v) is 13.1. The van der Waals surface area contributed by atoms with Gasteiger partial charge in [-0.2, -0.15) is 5.21 Å². The highest BCUT2D eigenvalue weighted by Crippen LogP contribution is 2.32. The first-order valence-corrected chi connectivity index (χ1v) is 17.9. The van der Waals surface area contributed by atoms with Gasteiger partial charge in [0.05, 0.1) is 13.2 Å². The number of imidazole rings is 1. The van der Waals surface area contributed by atoms with E-state index in [1.54, 1.807) is 11.5 Å². The van der Waals surface area contributed by atoms with Gasteiger partial charge in [0.1, 0.15) is 30.2 Å². The lowest BCUT2D eigenvalue weighted by Gasteiger charge is -2.19. The molecule has 0 saturated carbocycles. The molecule has 2 fully saturated rings. The SMILES string of the molecule is CCCCc1nc(Cl)c(C(=O)OC(C)OC(=O)O[C@H]2COC3C2OC[C@H]3OCC[C@H](C)O[N+](=O)[O-])n1Cc1ccc(-c2ccccc2-c2nn[nH]n2)cc1. The smallest absolute Gasteiger partial charge is 0.426 e. The number of aryl methyl sites for hydroxylation is 1. The van der Waals surface area contributed by atoms with Crippen LogP contribution in [0.2, 0.25) is 5.15 Å². The Balaban J connectivity index is 1.06. The summed E-state index contributed by atoms with van der Waals surface area (Å²) < 4.78 is 35.3. The molecule has 288 valence electrons. The highest BCUT2D eigenvalue weighted by atomic mass is 35.5. The first-order valence-electron chi connectivity index (χ1n) is 17.5. The predicted molar refractivity (Wildman–Crippen MR) is 188 cm³/mol. The monoisotopic (exact) mass is 769 g/mol. The second-order valence-electron chi connectivity index (χ2n) is 12.8. The summed E-state index contributed by atoms with van der Waals surface area (Å²) in [5, 5.41) is 24.0. The van der Waals surface area contributed by atoms with Gasteiger partial charge in [-0.1, -0.05) is 73.5 Å². The molecule has 6 rings (SSSR count). The van der Waals surface area contributed by atoms with Gasteiger partial charge in [0.2, 0.25) is 12.1 Å². The Morgan fingerprint density at radius 2 is 1.78 bits per heavy atom. The number of carbonyl (C=O) groups excluding carboxylic acids is 2. The van der Waals surface area contributed by atoms with Crippen molar-refractivity contribution in [1.82, 2.24) is 30.2 Å². The molecule has 2 aromatic carbocycles. The average Bonchev–Trinajstić information content (AvgIpc) is 3.94. The minimum atomic E-state index is -1.34. The Morgan fingerprint density at radius 1 is 1.06 bits per heavy atom. The largest absolute Gasteiger partial charge is 0.511 e. The van der Waals surface area contributed by atoms with Crippen LogP contribution in [0.3, 0.4) is 0 Å². The number of hydrogen-bond acceptors (Lipinski definition) is 15. The molecule has 2 saturated heterocycles. The fourth-order valence-corrected chi connectivity index (χ4v) is 6.59. The summed E-state index contributed by atoms with van der Waals surface area (Å²) in [5.74, 6) is 0.263. The molecule has 4 heterocycles. The Morgan fingerprint density at radius 3 is 2.48 bits per heavy atom. The van der Waals surface area contributed by atoms with E-state index in [1.807, 2.05) is 48.5 Å². The van der Waals surface area contributed by atoms with Crippen molar-refractivity contribution in [1.29, 1.82) is 0 Å². The van der Waals surface area contributed by atoms with Crippen LogP contribution in [0.25, 0.3) is 22.5 Å². The molecule has 54 heavy (non-hydrogen) atoms. The van der Waals surface area contributed by atoms with Crippen LogP contribution in [0.5, 0.6) is 0 Å². The van der Waals surface area contributed by atoms with E-state index in [0.29, 0.717) is 18.1 Å². The van der Waals surface area contributed by atoms with Crippen molar-refractivity contribution in [3.8, 4) is 22.5 Å². The van der Waals surface area contributed by atoms with Crippen LogP contribution in [0.1, 0.15) is 61.9 Å². The van der Waals surface area contributed by atoms with Crippen LogP contribution in [0.15, 0.2) is 48.5 Å². The summed E-state index contributed by atoms with van der Waals surface area (Å²) in [5.41, 5.74) is 3.59. The Labute approximate surface area is 314 Å². The minimum absolute atomic E-state index is 0.0230. The van der Waals surface area contributed by atoms with Crippen molar-refractivity contribution in [3.05, 3.63) is 80.9 Å². The van der Waals surface area contributed by atoms with Gasteiger partial charge < -0.3 is 37.8 Å². The normalized spacial score (nSPS) is 20.2. The van der Waals surface area contributed by atoms with Crippen LogP contribution >= 0.6 is 11.6 Å². The van der Waals surface area contributed by atoms with Crippen molar-refractivity contribution in [2.45, 2.75) is 89.8 Å². The van der Waals surface area contributed by atoms with E-state index in [0.717, 1.165) is 35.1 Å². The molecular formula is C35H40ClN7O11. The maximum Gasteiger partial charge on any atom is 0.511 e. The van der Waals surface area contributed by atoms with Crippen LogP contribution in [-0.4, -0.2) is 104 Å². The molecule has 2 aliphatic rings. The van der Waals surface area contributed by atoms with Gasteiger partial charge in [-0.3, -0.25) is 0 Å². The van der Waals surface area contributed by atoms with Crippen LogP contribution in [0, 0.1) is 10.1 Å². The topological polar surface area (TPSA) is 214 Å². The lowest BCUT2D eigenvalue weighted by atomic mass is 9.98. The fourth-order valence-electron chi connectivity index (χ4n) is 6.31. The summed E-state index contributed by atoms with van der Waals surface area (Å²) >= 11 is 6.54. The zero-order valence-electron chi connectivity index (χ0n) is 29.8. The third-order valence-electron chi connectivity index (χ3n) is 8.94. The number of rotatable bonds is 17. The molecule has 0 amide bonds. The number of halogens is 1. The van der Waals surface area contributed by atoms with Gasteiger partial charge in [0, 0.05) is 32.1 Å². The molecule has 0 radical (unpaired) electrons. The van der Waals surface area contributed by atoms with Crippen molar-refractivity contribution in [2.24, 2.45) is 0 Å². The standard InChI is InChI=1S/C35H40ClN7O11/c1-4-5-10-28-37-32(36)29(42(28)17-22-11-13-23(14-12-22)24-8-6-7-9-25(24)33-38-40-41-39-33)34(44)51-21(3)52-35(45)53-27-19-50-30-26(18-49-31(27)30)48-16-15-20(2)54-43(46)47/h6-9,11-14,20-21,26-27,30-31H,4-5,10,15-19H2,1-3H3,(H,38,39,40,41)/t20-,21?,26+,27-,30?,31?/m0/s1. The van der Waals surface area contributed by atoms with E-state index >= 15 is 0 Å². The highest BCUT2D eigenvalue weighted by molar-refractivity contribution is 6.32. The zero-order valence-corrected chi connectivity index (χ0v) is 30.5. The average molecular weight is 770 g/mol. The van der Waals surface area contributed by atoms with Gasteiger partial charge in [0.15, 0.2) is 17.0 Å². The number of unbranched alkanes of at least 4 members (excludes halogenated alkanes) is 1. The number of ether oxygens (including phenoxy) is 6. The number of aromatic amines is 1. The predicted octanol–water partition coefficient (Wildman–Crippen LogP) is 4.97. The summed E-state index contributed by atoms with van der Waals surface area (Å²) in [6, 6.07) is 15.6. The molecule has 6 atom stereocenters. The molecule has 2 aliphatic heterocycles. The van der Waals surface area contributed by atoms with E-state index in [4.69, 9.17) is 40.0 Å². The molecule has 1 N–H and O–H groups in total. The number of esters is 1. The number of tetrazole rings is 1. The third kappa shape index (κ3) is 9.30. The Kier molecular flexibility index (Phi) is 12.7. The quantitative estimate of drug-likeness (QED) is 0.0650. The number of aromatic nitrogens is 6. The van der Waals surface area contributed by atoms with Gasteiger partial charge in [0.25, 0.3) is 5.09 Å². The van der Waals surface area contributed by atoms with Crippen molar-refractivity contribution >= 4 is 23.7 Å². The Hall–Kier alpha value is -5.17. The van der Waals surface area contributed by atoms with E-state index in [1.165, 1.54) is 6.92 Å². The number of benzene rings is 2. The first-order chi connectivity index (χ1) is 26.1. The highest BCUT2D eigenvalue weighted by Gasteiger charge is 2.50. The van der Waals surface area contributed by atoms with Gasteiger partial charge in [-0.15, -0.1) is 20.3 Å². The van der Waals surface area contributed by atoms with Crippen molar-refractivity contribution in [2.75, 3.05) is 19.8 Å². The van der Waals surface area contributed by atoms with E-state index < -0.39 is 54.0 Å². The summed E-state index contributed by atoms with van der Waals surface area (Å²) in [6.45, 7) is 5.66. The van der Waals surface area contributed by atoms with Crippen LogP contribution in [-0.2, 0) is 46.2 Å². The van der Waals surface area contributed by atoms with E-state index in [-0.39, 0.29) is 43.6 Å². The molecule has 0 spiro atoms. The molecule has 2 aromatic heterocycles. The number of nitrogens with zero attached hydrogens (tertiary/aromatic N) is 6.